The highest BCUT2D eigenvalue weighted by molar-refractivity contribution is 5.95. The van der Waals surface area contributed by atoms with Crippen LogP contribution in [-0.4, -0.2) is 81.3 Å². The van der Waals surface area contributed by atoms with Crippen LogP contribution in [0.1, 0.15) is 12.1 Å². The van der Waals surface area contributed by atoms with E-state index in [1.54, 1.807) is 0 Å². The number of hydrogen-bond donors (Lipinski definition) is 3. The van der Waals surface area contributed by atoms with E-state index in [9.17, 15) is 0 Å². The van der Waals surface area contributed by atoms with E-state index in [2.05, 4.69) is 65.5 Å². The molecule has 1 saturated heterocycles. The van der Waals surface area contributed by atoms with Crippen molar-refractivity contribution in [2.45, 2.75) is 6.42 Å². The number of hydrogen-bond acceptors (Lipinski definition) is 7. The highest BCUT2D eigenvalue weighted by atomic mass is 15.3. The number of likely N-dealkylation sites (N-methyl/N-ethyl adjacent to an activating group) is 1. The zero-order valence-electron chi connectivity index (χ0n) is 17.5. The van der Waals surface area contributed by atoms with Gasteiger partial charge >= 0.3 is 0 Å². The lowest BCUT2D eigenvalue weighted by Gasteiger charge is -2.34. The average molecular weight is 416 g/mol. The minimum Gasteiger partial charge on any atom is -0.367 e. The molecule has 0 spiro atoms. The molecule has 0 atom stereocenters. The molecule has 2 aliphatic heterocycles. The number of rotatable bonds is 3. The lowest BCUT2D eigenvalue weighted by molar-refractivity contribution is 0.313. The third kappa shape index (κ3) is 3.26. The molecule has 0 amide bonds. The van der Waals surface area contributed by atoms with Crippen LogP contribution in [0.3, 0.4) is 0 Å². The number of pyridine rings is 2. The van der Waals surface area contributed by atoms with Crippen molar-refractivity contribution >= 4 is 33.3 Å². The maximum atomic E-state index is 4.79. The van der Waals surface area contributed by atoms with Gasteiger partial charge in [-0.3, -0.25) is 10.1 Å². The fourth-order valence-corrected chi connectivity index (χ4v) is 4.45. The Hall–Kier alpha value is -3.30. The topological polar surface area (TPSA) is 102 Å². The zero-order valence-corrected chi connectivity index (χ0v) is 17.5. The van der Waals surface area contributed by atoms with Crippen molar-refractivity contribution in [1.29, 1.82) is 0 Å². The van der Waals surface area contributed by atoms with Crippen LogP contribution in [-0.2, 0) is 0 Å². The van der Waals surface area contributed by atoms with E-state index in [0.29, 0.717) is 0 Å². The Morgan fingerprint density at radius 3 is 2.84 bits per heavy atom. The Morgan fingerprint density at radius 1 is 1.10 bits per heavy atom. The monoisotopic (exact) mass is 415 g/mol. The summed E-state index contributed by atoms with van der Waals surface area (Å²) >= 11 is 0. The molecule has 4 aromatic rings. The molecule has 6 rings (SSSR count). The van der Waals surface area contributed by atoms with Crippen LogP contribution in [0, 0.1) is 0 Å². The minimum absolute atomic E-state index is 0.720. The molecule has 0 unspecified atom stereocenters. The van der Waals surface area contributed by atoms with Gasteiger partial charge in [0.2, 0.25) is 0 Å². The quantitative estimate of drug-likeness (QED) is 0.471. The van der Waals surface area contributed by atoms with E-state index in [-0.39, 0.29) is 0 Å². The molecule has 9 heteroatoms. The van der Waals surface area contributed by atoms with Gasteiger partial charge < -0.3 is 20.1 Å². The third-order valence-corrected chi connectivity index (χ3v) is 6.28. The average Bonchev–Trinajstić information content (AvgIpc) is 3.43. The van der Waals surface area contributed by atoms with Crippen LogP contribution >= 0.6 is 0 Å². The maximum Gasteiger partial charge on any atom is 0.180 e. The number of nitrogens with zero attached hydrogens (tertiary/aromatic N) is 6. The summed E-state index contributed by atoms with van der Waals surface area (Å²) in [6, 6.07) is 4.19. The van der Waals surface area contributed by atoms with Crippen molar-refractivity contribution in [2.24, 2.45) is 0 Å². The molecule has 31 heavy (non-hydrogen) atoms. The first-order valence-electron chi connectivity index (χ1n) is 10.8. The zero-order chi connectivity index (χ0) is 20.8. The van der Waals surface area contributed by atoms with Crippen molar-refractivity contribution < 1.29 is 0 Å². The van der Waals surface area contributed by atoms with Gasteiger partial charge in [0.05, 0.1) is 23.1 Å². The molecule has 0 aliphatic carbocycles. The van der Waals surface area contributed by atoms with Gasteiger partial charge in [0.25, 0.3) is 0 Å². The Morgan fingerprint density at radius 2 is 2.00 bits per heavy atom. The number of fused-ring (bicyclic) bond motifs is 2. The van der Waals surface area contributed by atoms with E-state index in [4.69, 9.17) is 4.98 Å². The fraction of sp³-hybridized carbons (Fsp3) is 0.364. The second-order valence-corrected chi connectivity index (χ2v) is 8.28. The number of H-pyrrole nitrogens is 2. The van der Waals surface area contributed by atoms with Crippen LogP contribution in [0.25, 0.3) is 39.2 Å². The number of piperazine rings is 1. The Kier molecular flexibility index (Phi) is 4.43. The van der Waals surface area contributed by atoms with Gasteiger partial charge in [0.1, 0.15) is 11.2 Å². The Bertz CT molecular complexity index is 1280. The molecule has 158 valence electrons. The predicted molar refractivity (Wildman–Crippen MR) is 122 cm³/mol. The minimum atomic E-state index is 0.720. The molecule has 4 aromatic heterocycles. The summed E-state index contributed by atoms with van der Waals surface area (Å²) in [6.45, 7) is 5.96. The van der Waals surface area contributed by atoms with Gasteiger partial charge in [0, 0.05) is 44.3 Å². The summed E-state index contributed by atoms with van der Waals surface area (Å²) in [6.07, 6.45) is 6.90. The Labute approximate surface area is 179 Å². The third-order valence-electron chi connectivity index (χ3n) is 6.28. The van der Waals surface area contributed by atoms with Crippen molar-refractivity contribution in [2.75, 3.05) is 51.2 Å². The summed E-state index contributed by atoms with van der Waals surface area (Å²) in [7, 11) is 2.17. The summed E-state index contributed by atoms with van der Waals surface area (Å²) in [5, 5.41) is 12.0. The van der Waals surface area contributed by atoms with Gasteiger partial charge in [-0.05, 0) is 37.7 Å². The van der Waals surface area contributed by atoms with Gasteiger partial charge in [-0.15, -0.1) is 0 Å². The number of aromatic amines is 2. The molecule has 9 nitrogen and oxygen atoms in total. The normalized spacial score (nSPS) is 18.1. The maximum absolute atomic E-state index is 4.79. The van der Waals surface area contributed by atoms with E-state index in [1.165, 1.54) is 5.57 Å². The molecule has 3 N–H and O–H groups in total. The van der Waals surface area contributed by atoms with Crippen LogP contribution in [0.2, 0.25) is 0 Å². The number of imidazole rings is 1. The lowest BCUT2D eigenvalue weighted by Crippen LogP contribution is -2.44. The van der Waals surface area contributed by atoms with Crippen LogP contribution in [0.5, 0.6) is 0 Å². The molecule has 6 heterocycles. The molecule has 0 aromatic carbocycles. The molecule has 0 saturated carbocycles. The van der Waals surface area contributed by atoms with Crippen LogP contribution in [0.4, 0.5) is 5.69 Å². The Balaban J connectivity index is 1.42. The summed E-state index contributed by atoms with van der Waals surface area (Å²) in [5.41, 5.74) is 6.82. The van der Waals surface area contributed by atoms with Gasteiger partial charge in [-0.25, -0.2) is 9.97 Å². The fourth-order valence-electron chi connectivity index (χ4n) is 4.45. The van der Waals surface area contributed by atoms with E-state index in [1.807, 2.05) is 12.4 Å². The van der Waals surface area contributed by atoms with E-state index < -0.39 is 0 Å². The summed E-state index contributed by atoms with van der Waals surface area (Å²) in [5.74, 6) is 0.728. The van der Waals surface area contributed by atoms with Crippen molar-refractivity contribution in [3.63, 3.8) is 0 Å². The van der Waals surface area contributed by atoms with Crippen molar-refractivity contribution in [3.8, 4) is 11.5 Å². The summed E-state index contributed by atoms with van der Waals surface area (Å²) < 4.78 is 0. The standard InChI is InChI=1S/C22H25N9/c1-30-8-10-31(11-9-30)18-4-7-24-21-20(18)26-22(27-21)19-15-12-16(14-2-5-23-6-3-14)25-13-17(15)28-29-19/h2,4,7,12-13,23H,3,5-6,8-11H2,1H3,(H,28,29)(H,24,26,27). The number of anilines is 1. The van der Waals surface area contributed by atoms with Gasteiger partial charge in [0.15, 0.2) is 11.5 Å². The predicted octanol–water partition coefficient (Wildman–Crippen LogP) is 2.02. The van der Waals surface area contributed by atoms with Crippen LogP contribution < -0.4 is 10.2 Å². The van der Waals surface area contributed by atoms with Crippen molar-refractivity contribution in [1.82, 2.24) is 40.3 Å². The van der Waals surface area contributed by atoms with Gasteiger partial charge in [-0.1, -0.05) is 6.08 Å². The highest BCUT2D eigenvalue weighted by Gasteiger charge is 2.20. The molecule has 0 radical (unpaired) electrons. The summed E-state index contributed by atoms with van der Waals surface area (Å²) in [4.78, 5) is 22.2. The van der Waals surface area contributed by atoms with Crippen LogP contribution in [0.15, 0.2) is 30.6 Å². The SMILES string of the molecule is CN1CCN(c2ccnc3nc(-c4n[nH]c5cnc(C6=CCNCC6)cc45)[nH]c23)CC1. The molecule has 0 bridgehead atoms. The smallest absolute Gasteiger partial charge is 0.180 e. The first kappa shape index (κ1) is 18.5. The van der Waals surface area contributed by atoms with Gasteiger partial charge in [-0.2, -0.15) is 5.10 Å². The first-order valence-corrected chi connectivity index (χ1v) is 10.8. The molecule has 2 aliphatic rings. The van der Waals surface area contributed by atoms with E-state index in [0.717, 1.165) is 90.7 Å². The molecule has 1 fully saturated rings. The second-order valence-electron chi connectivity index (χ2n) is 8.28. The molecular formula is C22H25N9. The second kappa shape index (κ2) is 7.44. The largest absolute Gasteiger partial charge is 0.367 e. The van der Waals surface area contributed by atoms with Crippen molar-refractivity contribution in [3.05, 3.63) is 36.3 Å². The molecular weight excluding hydrogens is 390 g/mol. The first-order chi connectivity index (χ1) is 15.3. The van der Waals surface area contributed by atoms with E-state index >= 15 is 0 Å². The lowest BCUT2D eigenvalue weighted by atomic mass is 10.0. The number of nitrogens with one attached hydrogen (secondary N) is 3. The number of aromatic nitrogens is 6. The highest BCUT2D eigenvalue weighted by Crippen LogP contribution is 2.31.